The van der Waals surface area contributed by atoms with Gasteiger partial charge in [0.1, 0.15) is 37.3 Å². The van der Waals surface area contributed by atoms with Crippen LogP contribution in [0.3, 0.4) is 0 Å². The van der Waals surface area contributed by atoms with Gasteiger partial charge in [-0.3, -0.25) is 0 Å². The first-order chi connectivity index (χ1) is 41.7. The van der Waals surface area contributed by atoms with Crippen LogP contribution in [0.15, 0.2) is 131 Å². The lowest BCUT2D eigenvalue weighted by Crippen LogP contribution is -2.22. The Labute approximate surface area is 520 Å². The highest BCUT2D eigenvalue weighted by molar-refractivity contribution is 7.90. The van der Waals surface area contributed by atoms with Crippen molar-refractivity contribution in [1.82, 2.24) is 27.0 Å². The van der Waals surface area contributed by atoms with Crippen LogP contribution in [0.2, 0.25) is 51.4 Å². The molecule has 4 heterocycles. The van der Waals surface area contributed by atoms with Crippen LogP contribution in [0.25, 0.3) is 43.9 Å². The highest BCUT2D eigenvalue weighted by Gasteiger charge is 2.32. The number of nitriles is 2. The van der Waals surface area contributed by atoms with E-state index >= 15 is 0 Å². The minimum atomic E-state index is -3.85. The van der Waals surface area contributed by atoms with Crippen molar-refractivity contribution < 1.29 is 35.8 Å². The summed E-state index contributed by atoms with van der Waals surface area (Å²) in [6, 6.07) is 38.9. The van der Waals surface area contributed by atoms with Crippen LogP contribution in [0.4, 0.5) is 0 Å². The van der Waals surface area contributed by atoms with E-state index in [-0.39, 0.29) is 23.3 Å². The predicted octanol–water partition coefficient (Wildman–Crippen LogP) is 14.9. The van der Waals surface area contributed by atoms with E-state index in [0.717, 1.165) is 83.9 Å². The van der Waals surface area contributed by atoms with Crippen LogP contribution in [0.5, 0.6) is 0 Å². The molecule has 0 saturated heterocycles. The molecular weight excluding hydrogens is 1180 g/mol. The molecule has 20 heteroatoms. The average Bonchev–Trinajstić information content (AvgIpc) is 1.59. The summed E-state index contributed by atoms with van der Waals surface area (Å²) >= 11 is 0. The molecule has 0 aliphatic carbocycles. The minimum Gasteiger partial charge on any atom is -0.366 e. The third kappa shape index (κ3) is 13.6. The molecule has 10 aromatic rings. The molecule has 88 heavy (non-hydrogen) atoms. The Morgan fingerprint density at radius 2 is 0.909 bits per heavy atom. The molecule has 16 nitrogen and oxygen atoms in total. The fourth-order valence-corrected chi connectivity index (χ4v) is 15.6. The Morgan fingerprint density at radius 3 is 1.33 bits per heavy atom. The van der Waals surface area contributed by atoms with E-state index in [1.54, 1.807) is 79.1 Å². The van der Waals surface area contributed by atoms with E-state index in [9.17, 15) is 27.4 Å². The highest BCUT2D eigenvalue weighted by Crippen LogP contribution is 2.41. The first-order valence-corrected chi connectivity index (χ1v) is 40.1. The van der Waals surface area contributed by atoms with Gasteiger partial charge in [-0.05, 0) is 163 Å². The van der Waals surface area contributed by atoms with Crippen LogP contribution in [0, 0.1) is 64.2 Å². The Kier molecular flexibility index (Phi) is 19.4. The molecule has 10 rings (SSSR count). The lowest BCUT2D eigenvalue weighted by molar-refractivity contribution is 0.0599. The van der Waals surface area contributed by atoms with Gasteiger partial charge in [0.25, 0.3) is 20.0 Å². The van der Waals surface area contributed by atoms with Gasteiger partial charge < -0.3 is 28.1 Å². The molecule has 0 aliphatic rings. The highest BCUT2D eigenvalue weighted by atomic mass is 32.2. The fourth-order valence-electron chi connectivity index (χ4n) is 11.2. The first-order valence-electron chi connectivity index (χ1n) is 29.8. The van der Waals surface area contributed by atoms with Gasteiger partial charge in [-0.15, -0.1) is 0 Å². The summed E-state index contributed by atoms with van der Waals surface area (Å²) in [7, 11) is -10.3. The second kappa shape index (κ2) is 26.3. The van der Waals surface area contributed by atoms with E-state index in [4.69, 9.17) is 28.9 Å². The average molecular weight is 1260 g/mol. The number of hydrogen-bond acceptors (Lipinski definition) is 12. The Morgan fingerprint density at radius 1 is 0.500 bits per heavy atom. The normalized spacial score (nSPS) is 13.0. The van der Waals surface area contributed by atoms with Crippen molar-refractivity contribution in [2.24, 2.45) is 0 Å². The molecule has 2 unspecified atom stereocenters. The van der Waals surface area contributed by atoms with Gasteiger partial charge in [-0.1, -0.05) is 86.8 Å². The molecule has 0 amide bonds. The van der Waals surface area contributed by atoms with Crippen LogP contribution >= 0.6 is 0 Å². The molecular formula is C68H80N8O8S2Si2. The van der Waals surface area contributed by atoms with Crippen LogP contribution in [0.1, 0.15) is 93.3 Å². The molecule has 2 atom stereocenters. The maximum atomic E-state index is 13.9. The SMILES string of the molecule is CCOC(c1c(C)cc(C)c2c1ccn2S(=O)(=O)c1ccc(C)cc1)c1nc2cc(C#N)ccc2n1COCC[Si](C)(C)C.CCOC(c1c(C)cc(C)c2c1ccn2S(=O)(=O)c1ccc(C)cc1)c1nc2ccc(C#N)cc2n1COCC[Si](C)(C)C. The summed E-state index contributed by atoms with van der Waals surface area (Å²) in [5, 5.41) is 20.8. The Balaban J connectivity index is 0.000000209. The largest absolute Gasteiger partial charge is 0.366 e. The molecule has 4 aromatic heterocycles. The van der Waals surface area contributed by atoms with Crippen molar-refractivity contribution in [3.8, 4) is 12.1 Å². The summed E-state index contributed by atoms with van der Waals surface area (Å²) in [6.07, 6.45) is 2.03. The molecule has 0 saturated carbocycles. The Hall–Kier alpha value is -7.51. The van der Waals surface area contributed by atoms with Gasteiger partial charge in [0.2, 0.25) is 0 Å². The molecule has 460 valence electrons. The monoisotopic (exact) mass is 1260 g/mol. The van der Waals surface area contributed by atoms with Crippen molar-refractivity contribution in [2.75, 3.05) is 26.4 Å². The van der Waals surface area contributed by atoms with Gasteiger partial charge in [-0.25, -0.2) is 34.7 Å². The predicted molar refractivity (Wildman–Crippen MR) is 354 cm³/mol. The summed E-state index contributed by atoms with van der Waals surface area (Å²) in [5.41, 5.74) is 12.6. The number of imidazole rings is 2. The molecule has 0 N–H and O–H groups in total. The number of fused-ring (bicyclic) bond motifs is 4. The standard InChI is InChI=1S/2C34H40N4O4SSi/c1-8-42-33(34-36-29-20-26(21-35)11-14-30(29)37(34)22-41-17-18-44(5,6)7)31-24(3)19-25(4)32-28(31)15-16-38(32)43(39,40)27-12-9-23(2)10-13-27;1-8-42-33(34-36-29-14-11-26(21-35)20-30(29)37(34)22-41-17-18-44(5,6)7)31-24(3)19-25(4)32-28(31)15-16-38(32)43(39,40)27-12-9-23(2)10-13-27/h2*9-16,19-20,33H,8,17-18,22H2,1-7H3. The van der Waals surface area contributed by atoms with E-state index in [2.05, 4.69) is 51.4 Å². The van der Waals surface area contributed by atoms with Crippen LogP contribution in [-0.4, -0.2) is 86.5 Å². The fraction of sp³-hybridized carbons (Fsp3) is 0.353. The van der Waals surface area contributed by atoms with Crippen molar-refractivity contribution in [2.45, 2.75) is 142 Å². The topological polar surface area (TPSA) is 198 Å². The summed E-state index contributed by atoms with van der Waals surface area (Å²) in [6.45, 7) is 32.1. The molecule has 0 spiro atoms. The third-order valence-electron chi connectivity index (χ3n) is 15.8. The zero-order valence-corrected chi connectivity index (χ0v) is 56.7. The van der Waals surface area contributed by atoms with Gasteiger partial charge in [0.05, 0.1) is 66.2 Å². The van der Waals surface area contributed by atoms with Crippen molar-refractivity contribution in [3.05, 3.63) is 189 Å². The number of aryl methyl sites for hydroxylation is 6. The number of benzene rings is 6. The smallest absolute Gasteiger partial charge is 0.268 e. The van der Waals surface area contributed by atoms with E-state index in [1.165, 1.54) is 7.94 Å². The van der Waals surface area contributed by atoms with Gasteiger partial charge >= 0.3 is 0 Å². The molecule has 6 aromatic carbocycles. The third-order valence-corrected chi connectivity index (χ3v) is 22.6. The van der Waals surface area contributed by atoms with Gasteiger partial charge in [-0.2, -0.15) is 10.5 Å². The minimum absolute atomic E-state index is 0.231. The maximum absolute atomic E-state index is 13.9. The number of nitrogens with zero attached hydrogens (tertiary/aromatic N) is 8. The van der Waals surface area contributed by atoms with Crippen molar-refractivity contribution >= 4 is 80.1 Å². The van der Waals surface area contributed by atoms with Gasteiger partial charge in [0, 0.05) is 76.9 Å². The van der Waals surface area contributed by atoms with E-state index in [1.807, 2.05) is 107 Å². The molecule has 0 radical (unpaired) electrons. The van der Waals surface area contributed by atoms with Crippen LogP contribution in [-0.2, 0) is 52.5 Å². The molecule has 0 bridgehead atoms. The summed E-state index contributed by atoms with van der Waals surface area (Å²) in [4.78, 5) is 10.5. The second-order valence-corrected chi connectivity index (χ2v) is 39.9. The molecule has 0 aliphatic heterocycles. The number of aromatic nitrogens is 6. The van der Waals surface area contributed by atoms with Crippen molar-refractivity contribution in [1.29, 1.82) is 10.5 Å². The lowest BCUT2D eigenvalue weighted by atomic mass is 9.95. The number of ether oxygens (including phenoxy) is 4. The Bertz CT molecular complexity index is 4370. The zero-order valence-electron chi connectivity index (χ0n) is 53.0. The van der Waals surface area contributed by atoms with Crippen molar-refractivity contribution in [3.63, 3.8) is 0 Å². The number of hydrogen-bond donors (Lipinski definition) is 0. The summed E-state index contributed by atoms with van der Waals surface area (Å²) < 4.78 is 87.6. The summed E-state index contributed by atoms with van der Waals surface area (Å²) in [5.74, 6) is 1.29. The number of rotatable bonds is 22. The van der Waals surface area contributed by atoms with Crippen LogP contribution < -0.4 is 0 Å². The van der Waals surface area contributed by atoms with Gasteiger partial charge in [0.15, 0.2) is 0 Å². The van der Waals surface area contributed by atoms with E-state index in [0.29, 0.717) is 65.8 Å². The quantitative estimate of drug-likeness (QED) is 0.0460. The van der Waals surface area contributed by atoms with E-state index < -0.39 is 48.4 Å². The first kappa shape index (κ1) is 65.0. The lowest BCUT2D eigenvalue weighted by Gasteiger charge is -2.23. The second-order valence-electron chi connectivity index (χ2n) is 25.0. The maximum Gasteiger partial charge on any atom is 0.268 e. The molecule has 0 fully saturated rings. The zero-order chi connectivity index (χ0) is 63.6.